The SMILES string of the molecule is COc1cccc2c1NC(=O)C2CC(=O)O. The summed E-state index contributed by atoms with van der Waals surface area (Å²) in [7, 11) is 1.51. The monoisotopic (exact) mass is 221 g/mol. The summed E-state index contributed by atoms with van der Waals surface area (Å²) in [6.07, 6.45) is -0.202. The third-order valence-electron chi connectivity index (χ3n) is 2.60. The molecule has 5 heteroatoms. The van der Waals surface area contributed by atoms with Gasteiger partial charge in [0.05, 0.1) is 25.1 Å². The van der Waals surface area contributed by atoms with Crippen molar-refractivity contribution in [3.05, 3.63) is 23.8 Å². The number of nitrogens with one attached hydrogen (secondary N) is 1. The average molecular weight is 221 g/mol. The van der Waals surface area contributed by atoms with Crippen molar-refractivity contribution < 1.29 is 19.4 Å². The van der Waals surface area contributed by atoms with Gasteiger partial charge in [0.25, 0.3) is 0 Å². The van der Waals surface area contributed by atoms with E-state index < -0.39 is 11.9 Å². The Morgan fingerprint density at radius 3 is 2.94 bits per heavy atom. The molecule has 0 fully saturated rings. The van der Waals surface area contributed by atoms with E-state index in [4.69, 9.17) is 9.84 Å². The van der Waals surface area contributed by atoms with Gasteiger partial charge in [-0.15, -0.1) is 0 Å². The Bertz CT molecular complexity index is 455. The van der Waals surface area contributed by atoms with Gasteiger partial charge < -0.3 is 15.2 Å². The summed E-state index contributed by atoms with van der Waals surface area (Å²) in [5.41, 5.74) is 1.27. The molecule has 0 radical (unpaired) electrons. The highest BCUT2D eigenvalue weighted by Gasteiger charge is 2.33. The molecule has 0 spiro atoms. The number of anilines is 1. The van der Waals surface area contributed by atoms with E-state index in [1.165, 1.54) is 7.11 Å². The number of aliphatic carboxylic acids is 1. The van der Waals surface area contributed by atoms with E-state index >= 15 is 0 Å². The zero-order valence-electron chi connectivity index (χ0n) is 8.69. The number of benzene rings is 1. The van der Waals surface area contributed by atoms with Gasteiger partial charge in [-0.1, -0.05) is 12.1 Å². The van der Waals surface area contributed by atoms with Crippen LogP contribution in [-0.4, -0.2) is 24.1 Å². The lowest BCUT2D eigenvalue weighted by Gasteiger charge is -2.07. The Morgan fingerprint density at radius 1 is 1.56 bits per heavy atom. The van der Waals surface area contributed by atoms with Crippen LogP contribution in [0.15, 0.2) is 18.2 Å². The summed E-state index contributed by atoms with van der Waals surface area (Å²) in [6.45, 7) is 0. The van der Waals surface area contributed by atoms with Gasteiger partial charge in [-0.3, -0.25) is 9.59 Å². The summed E-state index contributed by atoms with van der Waals surface area (Å²) in [6, 6.07) is 5.21. The van der Waals surface area contributed by atoms with Crippen LogP contribution in [0.4, 0.5) is 5.69 Å². The van der Waals surface area contributed by atoms with Crippen LogP contribution >= 0.6 is 0 Å². The molecule has 1 heterocycles. The van der Waals surface area contributed by atoms with Crippen LogP contribution in [0.2, 0.25) is 0 Å². The van der Waals surface area contributed by atoms with Crippen LogP contribution in [0.5, 0.6) is 5.75 Å². The first-order chi connectivity index (χ1) is 7.63. The molecule has 0 aromatic heterocycles. The van der Waals surface area contributed by atoms with Gasteiger partial charge in [0.15, 0.2) is 0 Å². The standard InChI is InChI=1S/C11H11NO4/c1-16-8-4-2-3-6-7(5-9(13)14)11(15)12-10(6)8/h2-4,7H,5H2,1H3,(H,12,15)(H,13,14). The number of methoxy groups -OCH3 is 1. The molecule has 0 bridgehead atoms. The second kappa shape index (κ2) is 3.84. The molecule has 2 rings (SSSR count). The van der Waals surface area contributed by atoms with Crippen molar-refractivity contribution in [2.45, 2.75) is 12.3 Å². The largest absolute Gasteiger partial charge is 0.495 e. The highest BCUT2D eigenvalue weighted by molar-refractivity contribution is 6.05. The minimum atomic E-state index is -0.990. The van der Waals surface area contributed by atoms with Gasteiger partial charge in [-0.25, -0.2) is 0 Å². The number of hydrogen-bond donors (Lipinski definition) is 2. The molecule has 5 nitrogen and oxygen atoms in total. The summed E-state index contributed by atoms with van der Waals surface area (Å²) < 4.78 is 5.10. The van der Waals surface area contributed by atoms with Crippen LogP contribution in [0.3, 0.4) is 0 Å². The number of carbonyl (C=O) groups excluding carboxylic acids is 1. The lowest BCUT2D eigenvalue weighted by atomic mass is 9.97. The maximum absolute atomic E-state index is 11.6. The van der Waals surface area contributed by atoms with Gasteiger partial charge in [0, 0.05) is 0 Å². The summed E-state index contributed by atoms with van der Waals surface area (Å²) >= 11 is 0. The lowest BCUT2D eigenvalue weighted by Crippen LogP contribution is -2.15. The predicted molar refractivity (Wildman–Crippen MR) is 56.6 cm³/mol. The van der Waals surface area contributed by atoms with E-state index in [0.717, 1.165) is 0 Å². The Hall–Kier alpha value is -2.04. The van der Waals surface area contributed by atoms with Crippen molar-refractivity contribution in [3.8, 4) is 5.75 Å². The number of carboxylic acid groups (broad SMARTS) is 1. The number of fused-ring (bicyclic) bond motifs is 1. The Labute approximate surface area is 92.0 Å². The third-order valence-corrected chi connectivity index (χ3v) is 2.60. The summed E-state index contributed by atoms with van der Waals surface area (Å²) in [5, 5.41) is 11.4. The van der Waals surface area contributed by atoms with Gasteiger partial charge in [-0.05, 0) is 11.6 Å². The van der Waals surface area contributed by atoms with Crippen LogP contribution in [-0.2, 0) is 9.59 Å². The number of carbonyl (C=O) groups is 2. The van der Waals surface area contributed by atoms with E-state index in [9.17, 15) is 9.59 Å². The maximum atomic E-state index is 11.6. The van der Waals surface area contributed by atoms with E-state index in [-0.39, 0.29) is 12.3 Å². The quantitative estimate of drug-likeness (QED) is 0.804. The van der Waals surface area contributed by atoms with Crippen molar-refractivity contribution >= 4 is 17.6 Å². The van der Waals surface area contributed by atoms with Crippen LogP contribution < -0.4 is 10.1 Å². The molecule has 1 aromatic rings. The minimum Gasteiger partial charge on any atom is -0.495 e. The smallest absolute Gasteiger partial charge is 0.304 e. The Balaban J connectivity index is 2.41. The van der Waals surface area contributed by atoms with E-state index in [2.05, 4.69) is 5.32 Å². The number of carboxylic acids is 1. The lowest BCUT2D eigenvalue weighted by molar-refractivity contribution is -0.138. The Morgan fingerprint density at radius 2 is 2.31 bits per heavy atom. The van der Waals surface area contributed by atoms with Crippen molar-refractivity contribution in [2.75, 3.05) is 12.4 Å². The normalized spacial score (nSPS) is 17.8. The van der Waals surface area contributed by atoms with Crippen molar-refractivity contribution in [2.24, 2.45) is 0 Å². The maximum Gasteiger partial charge on any atom is 0.304 e. The first-order valence-corrected chi connectivity index (χ1v) is 4.83. The molecule has 1 atom stereocenters. The fraction of sp³-hybridized carbons (Fsp3) is 0.273. The molecule has 16 heavy (non-hydrogen) atoms. The molecular weight excluding hydrogens is 210 g/mol. The molecule has 1 amide bonds. The molecule has 1 aliphatic heterocycles. The molecule has 2 N–H and O–H groups in total. The summed E-state index contributed by atoms with van der Waals surface area (Å²) in [4.78, 5) is 22.3. The number of rotatable bonds is 3. The highest BCUT2D eigenvalue weighted by atomic mass is 16.5. The van der Waals surface area contributed by atoms with Gasteiger partial charge in [0.1, 0.15) is 5.75 Å². The molecule has 0 saturated heterocycles. The predicted octanol–water partition coefficient (Wildman–Crippen LogP) is 1.21. The van der Waals surface area contributed by atoms with Crippen LogP contribution in [0, 0.1) is 0 Å². The van der Waals surface area contributed by atoms with Crippen molar-refractivity contribution in [1.82, 2.24) is 0 Å². The van der Waals surface area contributed by atoms with Crippen molar-refractivity contribution in [3.63, 3.8) is 0 Å². The zero-order valence-corrected chi connectivity index (χ0v) is 8.69. The van der Waals surface area contributed by atoms with Gasteiger partial charge in [0.2, 0.25) is 5.91 Å². The molecule has 84 valence electrons. The average Bonchev–Trinajstić information content (AvgIpc) is 2.55. The second-order valence-electron chi connectivity index (χ2n) is 3.56. The Kier molecular flexibility index (Phi) is 2.52. The van der Waals surface area contributed by atoms with Crippen LogP contribution in [0.25, 0.3) is 0 Å². The third kappa shape index (κ3) is 1.60. The topological polar surface area (TPSA) is 75.6 Å². The molecular formula is C11H11NO4. The molecule has 1 aromatic carbocycles. The molecule has 1 unspecified atom stereocenters. The summed E-state index contributed by atoms with van der Waals surface area (Å²) in [5.74, 6) is -1.35. The number of ether oxygens (including phenoxy) is 1. The van der Waals surface area contributed by atoms with Crippen molar-refractivity contribution in [1.29, 1.82) is 0 Å². The first-order valence-electron chi connectivity index (χ1n) is 4.83. The van der Waals surface area contributed by atoms with E-state index in [0.29, 0.717) is 17.0 Å². The highest BCUT2D eigenvalue weighted by Crippen LogP contribution is 2.40. The molecule has 0 aliphatic carbocycles. The first kappa shape index (κ1) is 10.5. The van der Waals surface area contributed by atoms with E-state index in [1.807, 2.05) is 0 Å². The number of para-hydroxylation sites is 1. The molecule has 0 saturated carbocycles. The molecule has 1 aliphatic rings. The van der Waals surface area contributed by atoms with E-state index in [1.54, 1.807) is 18.2 Å². The zero-order chi connectivity index (χ0) is 11.7. The van der Waals surface area contributed by atoms with Gasteiger partial charge in [-0.2, -0.15) is 0 Å². The minimum absolute atomic E-state index is 0.202. The number of amides is 1. The fourth-order valence-electron chi connectivity index (χ4n) is 1.87. The fourth-order valence-corrected chi connectivity index (χ4v) is 1.87. The van der Waals surface area contributed by atoms with Gasteiger partial charge >= 0.3 is 5.97 Å². The second-order valence-corrected chi connectivity index (χ2v) is 3.56. The number of hydrogen-bond acceptors (Lipinski definition) is 3. The van der Waals surface area contributed by atoms with Crippen LogP contribution in [0.1, 0.15) is 17.9 Å².